The molecule has 0 aromatic heterocycles. The van der Waals surface area contributed by atoms with E-state index in [1.807, 2.05) is 6.92 Å². The minimum Gasteiger partial charge on any atom is -0.457 e. The Balaban J connectivity index is 3.20. The van der Waals surface area contributed by atoms with Gasteiger partial charge < -0.3 is 18.6 Å². The van der Waals surface area contributed by atoms with Gasteiger partial charge in [0.15, 0.2) is 20.7 Å². The van der Waals surface area contributed by atoms with Gasteiger partial charge in [-0.2, -0.15) is 0 Å². The molecule has 0 radical (unpaired) electrons. The molecule has 1 rings (SSSR count). The van der Waals surface area contributed by atoms with E-state index in [0.29, 0.717) is 0 Å². The van der Waals surface area contributed by atoms with Gasteiger partial charge in [0.1, 0.15) is 6.04 Å². The van der Waals surface area contributed by atoms with Crippen LogP contribution in [0, 0.1) is 0 Å². The summed E-state index contributed by atoms with van der Waals surface area (Å²) in [5.74, 6) is -0.496. The van der Waals surface area contributed by atoms with Gasteiger partial charge in [0.2, 0.25) is 0 Å². The first-order valence-electron chi connectivity index (χ1n) is 8.02. The molecule has 0 aromatic rings. The van der Waals surface area contributed by atoms with Crippen LogP contribution in [-0.4, -0.2) is 52.0 Å². The highest BCUT2D eigenvalue weighted by Crippen LogP contribution is 2.40. The molecule has 138 valence electrons. The molecule has 1 aliphatic heterocycles. The number of nitrogens with zero attached hydrogens (tertiary/aromatic N) is 3. The summed E-state index contributed by atoms with van der Waals surface area (Å²) in [4.78, 5) is 14.4. The van der Waals surface area contributed by atoms with Crippen molar-refractivity contribution < 1.29 is 23.4 Å². The normalized spacial score (nSPS) is 31.2. The zero-order valence-electron chi connectivity index (χ0n) is 15.8. The Labute approximate surface area is 144 Å². The van der Waals surface area contributed by atoms with E-state index in [1.165, 1.54) is 14.0 Å². The third-order valence-electron chi connectivity index (χ3n) is 4.71. The number of carbonyl (C=O) groups excluding carboxylic acids is 1. The van der Waals surface area contributed by atoms with Crippen LogP contribution >= 0.6 is 0 Å². The summed E-state index contributed by atoms with van der Waals surface area (Å²) in [5, 5.41) is 3.83. The maximum atomic E-state index is 11.5. The van der Waals surface area contributed by atoms with Crippen molar-refractivity contribution in [3.05, 3.63) is 10.4 Å². The molecule has 1 fully saturated rings. The average molecular weight is 359 g/mol. The highest BCUT2D eigenvalue weighted by Gasteiger charge is 2.50. The molecule has 24 heavy (non-hydrogen) atoms. The third-order valence-corrected chi connectivity index (χ3v) is 9.18. The minimum atomic E-state index is -2.15. The van der Waals surface area contributed by atoms with Crippen LogP contribution in [0.15, 0.2) is 5.11 Å². The Morgan fingerprint density at radius 2 is 1.88 bits per heavy atom. The van der Waals surface area contributed by atoms with Crippen molar-refractivity contribution in [1.82, 2.24) is 0 Å². The number of hydrogen-bond acceptors (Lipinski definition) is 6. The van der Waals surface area contributed by atoms with Gasteiger partial charge in [-0.1, -0.05) is 25.9 Å². The molecule has 9 heteroatoms. The van der Waals surface area contributed by atoms with Gasteiger partial charge >= 0.3 is 5.97 Å². The van der Waals surface area contributed by atoms with Crippen molar-refractivity contribution in [2.45, 2.75) is 83.4 Å². The number of carbonyl (C=O) groups is 1. The maximum Gasteiger partial charge on any atom is 0.303 e. The van der Waals surface area contributed by atoms with E-state index in [9.17, 15) is 4.79 Å². The quantitative estimate of drug-likeness (QED) is 0.246. The number of azide groups is 1. The van der Waals surface area contributed by atoms with Gasteiger partial charge in [-0.15, -0.1) is 0 Å². The van der Waals surface area contributed by atoms with Crippen molar-refractivity contribution in [2.75, 3.05) is 7.11 Å². The molecule has 0 saturated carbocycles. The predicted octanol–water partition coefficient (Wildman–Crippen LogP) is 3.38. The fraction of sp³-hybridized carbons (Fsp3) is 0.933. The fourth-order valence-electron chi connectivity index (χ4n) is 2.37. The molecule has 0 bridgehead atoms. The van der Waals surface area contributed by atoms with Crippen molar-refractivity contribution in [3.63, 3.8) is 0 Å². The van der Waals surface area contributed by atoms with Crippen molar-refractivity contribution in [3.8, 4) is 0 Å². The Kier molecular flexibility index (Phi) is 6.83. The van der Waals surface area contributed by atoms with Crippen LogP contribution < -0.4 is 0 Å². The van der Waals surface area contributed by atoms with Crippen molar-refractivity contribution >= 4 is 14.3 Å². The molecular formula is C15H29N3O5Si. The third kappa shape index (κ3) is 4.70. The van der Waals surface area contributed by atoms with Crippen LogP contribution in [-0.2, 0) is 23.4 Å². The van der Waals surface area contributed by atoms with Crippen molar-refractivity contribution in [2.24, 2.45) is 5.11 Å². The van der Waals surface area contributed by atoms with Crippen LogP contribution in [0.5, 0.6) is 0 Å². The monoisotopic (exact) mass is 359 g/mol. The van der Waals surface area contributed by atoms with E-state index in [1.54, 1.807) is 0 Å². The summed E-state index contributed by atoms with van der Waals surface area (Å²) in [6.45, 7) is 13.7. The summed E-state index contributed by atoms with van der Waals surface area (Å²) in [5.41, 5.74) is 8.98. The standard InChI is InChI=1S/C15H29N3O5Si/c1-9-12(23-24(7,8)15(3,4)5)11(17-18-16)13(22-10(2)19)14(20-6)21-9/h9,11-14H,1-8H3/t9-,11+,12-,13-,14+/m1/s1. The molecule has 5 atom stereocenters. The van der Waals surface area contributed by atoms with Gasteiger partial charge in [-0.25, -0.2) is 0 Å². The molecule has 8 nitrogen and oxygen atoms in total. The molecule has 0 aromatic carbocycles. The van der Waals surface area contributed by atoms with Crippen LogP contribution in [0.3, 0.4) is 0 Å². The van der Waals surface area contributed by atoms with E-state index in [0.717, 1.165) is 0 Å². The van der Waals surface area contributed by atoms with Crippen LogP contribution in [0.1, 0.15) is 34.6 Å². The predicted molar refractivity (Wildman–Crippen MR) is 91.9 cm³/mol. The van der Waals surface area contributed by atoms with E-state index in [-0.39, 0.29) is 11.1 Å². The van der Waals surface area contributed by atoms with E-state index in [2.05, 4.69) is 43.9 Å². The Morgan fingerprint density at radius 3 is 2.29 bits per heavy atom. The summed E-state index contributed by atoms with van der Waals surface area (Å²) in [6, 6.07) is -0.721. The molecule has 0 aliphatic carbocycles. The summed E-state index contributed by atoms with van der Waals surface area (Å²) in [6.07, 6.45) is -2.54. The van der Waals surface area contributed by atoms with Crippen molar-refractivity contribution in [1.29, 1.82) is 0 Å². The second-order valence-electron chi connectivity index (χ2n) is 7.56. The van der Waals surface area contributed by atoms with Gasteiger partial charge in [0.05, 0.1) is 12.2 Å². The highest BCUT2D eigenvalue weighted by atomic mass is 28.4. The molecule has 1 heterocycles. The zero-order chi connectivity index (χ0) is 18.7. The van der Waals surface area contributed by atoms with E-state index in [4.69, 9.17) is 24.2 Å². The van der Waals surface area contributed by atoms with Crippen LogP contribution in [0.25, 0.3) is 10.4 Å². The number of esters is 1. The number of rotatable bonds is 5. The zero-order valence-corrected chi connectivity index (χ0v) is 16.8. The summed E-state index contributed by atoms with van der Waals surface area (Å²) >= 11 is 0. The lowest BCUT2D eigenvalue weighted by Crippen LogP contribution is -2.61. The Bertz CT molecular complexity index is 502. The smallest absolute Gasteiger partial charge is 0.303 e. The van der Waals surface area contributed by atoms with Gasteiger partial charge in [0, 0.05) is 18.9 Å². The first-order valence-corrected chi connectivity index (χ1v) is 10.9. The molecule has 0 amide bonds. The van der Waals surface area contributed by atoms with E-state index < -0.39 is 38.8 Å². The average Bonchev–Trinajstić information content (AvgIpc) is 2.43. The lowest BCUT2D eigenvalue weighted by molar-refractivity contribution is -0.261. The highest BCUT2D eigenvalue weighted by molar-refractivity contribution is 6.74. The van der Waals surface area contributed by atoms with Crippen LogP contribution in [0.2, 0.25) is 18.1 Å². The molecule has 1 saturated heterocycles. The van der Waals surface area contributed by atoms with E-state index >= 15 is 0 Å². The second kappa shape index (κ2) is 7.84. The topological polar surface area (TPSA) is 103 Å². The molecule has 1 aliphatic rings. The Morgan fingerprint density at radius 1 is 1.29 bits per heavy atom. The van der Waals surface area contributed by atoms with Gasteiger partial charge in [0.25, 0.3) is 0 Å². The van der Waals surface area contributed by atoms with Crippen LogP contribution in [0.4, 0.5) is 0 Å². The number of ether oxygens (including phenoxy) is 3. The van der Waals surface area contributed by atoms with Gasteiger partial charge in [-0.05, 0) is 30.6 Å². The number of hydrogen-bond donors (Lipinski definition) is 0. The molecule has 0 unspecified atom stereocenters. The summed E-state index contributed by atoms with van der Waals surface area (Å²) < 4.78 is 22.8. The molecule has 0 N–H and O–H groups in total. The molecular weight excluding hydrogens is 330 g/mol. The van der Waals surface area contributed by atoms with Gasteiger partial charge in [-0.3, -0.25) is 4.79 Å². The molecule has 0 spiro atoms. The maximum absolute atomic E-state index is 11.5. The lowest BCUT2D eigenvalue weighted by Gasteiger charge is -2.47. The fourth-order valence-corrected chi connectivity index (χ4v) is 3.74. The first kappa shape index (κ1) is 20.9. The Hall–Kier alpha value is -1.12. The number of methoxy groups -OCH3 is 1. The largest absolute Gasteiger partial charge is 0.457 e. The minimum absolute atomic E-state index is 0.0251. The summed E-state index contributed by atoms with van der Waals surface area (Å²) in [7, 11) is -0.697. The second-order valence-corrected chi connectivity index (χ2v) is 12.3. The SMILES string of the molecule is CO[C@H]1O[C@H](C)[C@@H](O[Si](C)(C)C(C)(C)C)[C@H](N=[N+]=[N-])[C@H]1OC(C)=O. The first-order chi connectivity index (χ1) is 10.9. The lowest BCUT2D eigenvalue weighted by atomic mass is 9.97.